The molecule has 0 saturated carbocycles. The third-order valence-electron chi connectivity index (χ3n) is 7.41. The number of benzene rings is 6. The van der Waals surface area contributed by atoms with E-state index in [4.69, 9.17) is 27.9 Å². The first kappa shape index (κ1) is 29.9. The lowest BCUT2D eigenvalue weighted by molar-refractivity contribution is 0.108. The van der Waals surface area contributed by atoms with Gasteiger partial charge in [0.2, 0.25) is 0 Å². The first-order valence-electron chi connectivity index (χ1n) is 13.8. The lowest BCUT2D eigenvalue weighted by atomic mass is 9.91. The zero-order valence-electron chi connectivity index (χ0n) is 23.0. The number of hydrogen-bond acceptors (Lipinski definition) is 1. The summed E-state index contributed by atoms with van der Waals surface area (Å²) in [6, 6.07) is 45.4. The van der Waals surface area contributed by atoms with Gasteiger partial charge < -0.3 is 4.74 Å². The summed E-state index contributed by atoms with van der Waals surface area (Å²) in [4.78, 5) is 0. The molecule has 0 amide bonds. The highest BCUT2D eigenvalue weighted by molar-refractivity contribution is 9.11. The van der Waals surface area contributed by atoms with Crippen LogP contribution in [0.25, 0.3) is 44.5 Å². The minimum atomic E-state index is 0.387. The molecule has 0 aromatic heterocycles. The standard InChI is InChI=1S/C38H26Br2Cl2O/c39-37-15-7-5-13-35(37)33-11-3-1-9-31(33)29-19-17-27(41)21-25(29)23-43-24-26-22-28(42)18-20-30(26)32-10-2-4-12-34(32)36-14-6-8-16-38(36)40/h1-22H,23-24H2. The van der Waals surface area contributed by atoms with E-state index in [0.717, 1.165) is 64.6 Å². The molecule has 0 radical (unpaired) electrons. The van der Waals surface area contributed by atoms with E-state index in [2.05, 4.69) is 129 Å². The first-order chi connectivity index (χ1) is 21.0. The van der Waals surface area contributed by atoms with Crippen molar-refractivity contribution in [3.8, 4) is 44.5 Å². The van der Waals surface area contributed by atoms with Gasteiger partial charge in [0, 0.05) is 19.0 Å². The van der Waals surface area contributed by atoms with Crippen LogP contribution in [0.5, 0.6) is 0 Å². The number of ether oxygens (including phenoxy) is 1. The van der Waals surface area contributed by atoms with Gasteiger partial charge >= 0.3 is 0 Å². The molecule has 0 aliphatic carbocycles. The van der Waals surface area contributed by atoms with E-state index in [1.807, 2.05) is 36.4 Å². The summed E-state index contributed by atoms with van der Waals surface area (Å²) in [5.41, 5.74) is 11.0. The molecule has 6 rings (SSSR count). The summed E-state index contributed by atoms with van der Waals surface area (Å²) < 4.78 is 8.54. The molecule has 0 aliphatic rings. The van der Waals surface area contributed by atoms with Gasteiger partial charge in [0.05, 0.1) is 13.2 Å². The Morgan fingerprint density at radius 2 is 0.721 bits per heavy atom. The van der Waals surface area contributed by atoms with Crippen molar-refractivity contribution in [2.24, 2.45) is 0 Å². The molecule has 6 aromatic carbocycles. The average Bonchev–Trinajstić information content (AvgIpc) is 3.02. The first-order valence-corrected chi connectivity index (χ1v) is 16.2. The molecule has 212 valence electrons. The van der Waals surface area contributed by atoms with E-state index < -0.39 is 0 Å². The van der Waals surface area contributed by atoms with Crippen molar-refractivity contribution in [2.45, 2.75) is 13.2 Å². The molecule has 0 unspecified atom stereocenters. The number of hydrogen-bond donors (Lipinski definition) is 0. The third-order valence-corrected chi connectivity index (χ3v) is 9.27. The second-order valence-electron chi connectivity index (χ2n) is 10.1. The fourth-order valence-electron chi connectivity index (χ4n) is 5.42. The summed E-state index contributed by atoms with van der Waals surface area (Å²) in [6.07, 6.45) is 0. The largest absolute Gasteiger partial charge is 0.372 e. The van der Waals surface area contributed by atoms with Gasteiger partial charge in [0.25, 0.3) is 0 Å². The molecule has 43 heavy (non-hydrogen) atoms. The molecule has 0 aliphatic heterocycles. The second-order valence-corrected chi connectivity index (χ2v) is 12.7. The van der Waals surface area contributed by atoms with Gasteiger partial charge in [-0.3, -0.25) is 0 Å². The van der Waals surface area contributed by atoms with E-state index in [0.29, 0.717) is 23.3 Å². The van der Waals surface area contributed by atoms with Gasteiger partial charge in [-0.05, 0) is 92.0 Å². The fourth-order valence-corrected chi connectivity index (χ4v) is 6.81. The molecule has 0 fully saturated rings. The molecule has 0 spiro atoms. The number of halogens is 4. The maximum absolute atomic E-state index is 6.51. The highest BCUT2D eigenvalue weighted by Crippen LogP contribution is 2.40. The summed E-state index contributed by atoms with van der Waals surface area (Å²) in [7, 11) is 0. The van der Waals surface area contributed by atoms with E-state index in [1.165, 1.54) is 0 Å². The van der Waals surface area contributed by atoms with Crippen LogP contribution in [-0.4, -0.2) is 0 Å². The lowest BCUT2D eigenvalue weighted by Crippen LogP contribution is -2.00. The maximum atomic E-state index is 6.51. The Kier molecular flexibility index (Phi) is 9.47. The highest BCUT2D eigenvalue weighted by atomic mass is 79.9. The van der Waals surface area contributed by atoms with Crippen LogP contribution < -0.4 is 0 Å². The summed E-state index contributed by atoms with van der Waals surface area (Å²) in [5, 5.41) is 1.35. The van der Waals surface area contributed by atoms with Crippen LogP contribution in [0.4, 0.5) is 0 Å². The van der Waals surface area contributed by atoms with E-state index >= 15 is 0 Å². The quantitative estimate of drug-likeness (QED) is 0.152. The molecular weight excluding hydrogens is 703 g/mol. The van der Waals surface area contributed by atoms with Crippen LogP contribution >= 0.6 is 55.1 Å². The highest BCUT2D eigenvalue weighted by Gasteiger charge is 2.16. The topological polar surface area (TPSA) is 9.23 Å². The van der Waals surface area contributed by atoms with Gasteiger partial charge in [-0.2, -0.15) is 0 Å². The van der Waals surface area contributed by atoms with Crippen molar-refractivity contribution in [2.75, 3.05) is 0 Å². The fraction of sp³-hybridized carbons (Fsp3) is 0.0526. The van der Waals surface area contributed by atoms with E-state index in [9.17, 15) is 0 Å². The van der Waals surface area contributed by atoms with E-state index in [-0.39, 0.29) is 0 Å². The molecular formula is C38H26Br2Cl2O. The van der Waals surface area contributed by atoms with Crippen LogP contribution in [0.1, 0.15) is 11.1 Å². The van der Waals surface area contributed by atoms with Gasteiger partial charge in [0.15, 0.2) is 0 Å². The minimum Gasteiger partial charge on any atom is -0.372 e. The zero-order chi connectivity index (χ0) is 29.8. The smallest absolute Gasteiger partial charge is 0.0727 e. The Bertz CT molecular complexity index is 1780. The van der Waals surface area contributed by atoms with Crippen molar-refractivity contribution >= 4 is 55.1 Å². The molecule has 6 aromatic rings. The lowest BCUT2D eigenvalue weighted by Gasteiger charge is -2.18. The zero-order valence-corrected chi connectivity index (χ0v) is 27.7. The van der Waals surface area contributed by atoms with Crippen LogP contribution in [0.2, 0.25) is 10.0 Å². The molecule has 1 nitrogen and oxygen atoms in total. The molecule has 5 heteroatoms. The van der Waals surface area contributed by atoms with Crippen LogP contribution in [0.15, 0.2) is 142 Å². The van der Waals surface area contributed by atoms with E-state index in [1.54, 1.807) is 0 Å². The number of rotatable bonds is 8. The SMILES string of the molecule is Clc1ccc(-c2ccccc2-c2ccccc2Br)c(COCc2cc(Cl)ccc2-c2ccccc2-c2ccccc2Br)c1. The Balaban J connectivity index is 1.33. The maximum Gasteiger partial charge on any atom is 0.0727 e. The normalized spacial score (nSPS) is 11.1. The van der Waals surface area contributed by atoms with Crippen molar-refractivity contribution in [3.63, 3.8) is 0 Å². The van der Waals surface area contributed by atoms with Gasteiger partial charge in [-0.25, -0.2) is 0 Å². The van der Waals surface area contributed by atoms with Gasteiger partial charge in [0.1, 0.15) is 0 Å². The van der Waals surface area contributed by atoms with Crippen molar-refractivity contribution in [3.05, 3.63) is 164 Å². The summed E-state index contributed by atoms with van der Waals surface area (Å²) in [5.74, 6) is 0. The van der Waals surface area contributed by atoms with Gasteiger partial charge in [-0.15, -0.1) is 0 Å². The second kappa shape index (κ2) is 13.6. The predicted octanol–water partition coefficient (Wildman–Crippen LogP) is 12.9. The molecule has 0 N–H and O–H groups in total. The molecule has 0 atom stereocenters. The van der Waals surface area contributed by atoms with Crippen molar-refractivity contribution in [1.29, 1.82) is 0 Å². The summed E-state index contributed by atoms with van der Waals surface area (Å²) in [6.45, 7) is 0.774. The summed E-state index contributed by atoms with van der Waals surface area (Å²) >= 11 is 20.5. The Hall–Kier alpha value is -3.18. The molecule has 0 heterocycles. The molecule has 0 saturated heterocycles. The predicted molar refractivity (Wildman–Crippen MR) is 189 cm³/mol. The monoisotopic (exact) mass is 726 g/mol. The Morgan fingerprint density at radius 1 is 0.395 bits per heavy atom. The van der Waals surface area contributed by atoms with Gasteiger partial charge in [-0.1, -0.05) is 152 Å². The molecule has 0 bridgehead atoms. The van der Waals surface area contributed by atoms with Crippen LogP contribution in [0.3, 0.4) is 0 Å². The Morgan fingerprint density at radius 3 is 1.09 bits per heavy atom. The third kappa shape index (κ3) is 6.67. The van der Waals surface area contributed by atoms with Crippen LogP contribution in [-0.2, 0) is 18.0 Å². The van der Waals surface area contributed by atoms with Crippen LogP contribution in [0, 0.1) is 0 Å². The Labute approximate surface area is 279 Å². The average molecular weight is 729 g/mol. The van der Waals surface area contributed by atoms with Crippen molar-refractivity contribution < 1.29 is 4.74 Å². The minimum absolute atomic E-state index is 0.387. The van der Waals surface area contributed by atoms with Crippen molar-refractivity contribution in [1.82, 2.24) is 0 Å².